The predicted molar refractivity (Wildman–Crippen MR) is 114 cm³/mol. The minimum Gasteiger partial charge on any atom is -0.394 e. The molecular weight excluding hydrogens is 438 g/mol. The lowest BCUT2D eigenvalue weighted by Crippen LogP contribution is -2.69. The van der Waals surface area contributed by atoms with Gasteiger partial charge in [-0.25, -0.2) is 0 Å². The van der Waals surface area contributed by atoms with E-state index in [1.54, 1.807) is 7.11 Å². The minimum atomic E-state index is -1.58. The van der Waals surface area contributed by atoms with Crippen LogP contribution in [0.1, 0.15) is 46.5 Å². The molecule has 0 saturated carbocycles. The quantitative estimate of drug-likeness (QED) is 0.366. The number of ether oxygens (including phenoxy) is 6. The van der Waals surface area contributed by atoms with Gasteiger partial charge in [-0.05, 0) is 19.8 Å². The number of amides is 1. The van der Waals surface area contributed by atoms with Gasteiger partial charge in [-0.3, -0.25) is 4.79 Å². The summed E-state index contributed by atoms with van der Waals surface area (Å²) in [5.41, 5.74) is -0.566. The highest BCUT2D eigenvalue weighted by Gasteiger charge is 2.56. The predicted octanol–water partition coefficient (Wildman–Crippen LogP) is -0.354. The van der Waals surface area contributed by atoms with Crippen molar-refractivity contribution in [3.63, 3.8) is 0 Å². The van der Waals surface area contributed by atoms with Gasteiger partial charge in [-0.15, -0.1) is 0 Å². The molecule has 3 fully saturated rings. The Bertz CT molecular complexity index is 663. The lowest BCUT2D eigenvalue weighted by Gasteiger charge is -2.54. The highest BCUT2D eigenvalue weighted by Crippen LogP contribution is 2.43. The largest absolute Gasteiger partial charge is 0.394 e. The maximum Gasteiger partial charge on any atom is 0.256 e. The van der Waals surface area contributed by atoms with Crippen molar-refractivity contribution < 1.29 is 48.5 Å². The van der Waals surface area contributed by atoms with Crippen molar-refractivity contribution in [3.8, 4) is 0 Å². The Labute approximate surface area is 194 Å². The number of carbonyl (C=O) groups excluding carboxylic acids is 1. The second-order valence-corrected chi connectivity index (χ2v) is 9.72. The molecular formula is C22H39NO10. The van der Waals surface area contributed by atoms with Crippen molar-refractivity contribution in [2.24, 2.45) is 5.41 Å². The van der Waals surface area contributed by atoms with Crippen LogP contribution in [-0.2, 0) is 33.2 Å². The van der Waals surface area contributed by atoms with Crippen LogP contribution in [0.15, 0.2) is 0 Å². The molecule has 11 heteroatoms. The first-order chi connectivity index (χ1) is 15.6. The van der Waals surface area contributed by atoms with E-state index in [1.807, 2.05) is 20.8 Å². The van der Waals surface area contributed by atoms with Gasteiger partial charge in [-0.1, -0.05) is 13.8 Å². The summed E-state index contributed by atoms with van der Waals surface area (Å²) < 4.78 is 34.8. The Kier molecular flexibility index (Phi) is 8.74. The molecule has 0 aromatic carbocycles. The normalized spacial score (nSPS) is 40.5. The zero-order chi connectivity index (χ0) is 24.4. The van der Waals surface area contributed by atoms with Crippen LogP contribution >= 0.6 is 0 Å². The van der Waals surface area contributed by atoms with Gasteiger partial charge in [0.1, 0.15) is 19.0 Å². The van der Waals surface area contributed by atoms with Gasteiger partial charge in [0.25, 0.3) is 5.91 Å². The van der Waals surface area contributed by atoms with Crippen LogP contribution < -0.4 is 5.32 Å². The first-order valence-corrected chi connectivity index (χ1v) is 11.5. The Hall–Kier alpha value is -0.890. The van der Waals surface area contributed by atoms with Gasteiger partial charge in [0.05, 0.1) is 31.0 Å². The zero-order valence-electron chi connectivity index (χ0n) is 20.1. The maximum atomic E-state index is 13.0. The van der Waals surface area contributed by atoms with Crippen molar-refractivity contribution in [1.82, 2.24) is 5.32 Å². The minimum absolute atomic E-state index is 0.103. The molecule has 3 aliphatic heterocycles. The number of hydrogen-bond acceptors (Lipinski definition) is 10. The van der Waals surface area contributed by atoms with Gasteiger partial charge < -0.3 is 49.1 Å². The van der Waals surface area contributed by atoms with Gasteiger partial charge in [0, 0.05) is 32.5 Å². The monoisotopic (exact) mass is 477 g/mol. The molecule has 3 rings (SSSR count). The molecule has 0 aliphatic carbocycles. The van der Waals surface area contributed by atoms with Crippen molar-refractivity contribution in [3.05, 3.63) is 0 Å². The average Bonchev–Trinajstić information content (AvgIpc) is 2.79. The second kappa shape index (κ2) is 10.8. The molecule has 3 heterocycles. The van der Waals surface area contributed by atoms with Crippen molar-refractivity contribution in [2.75, 3.05) is 27.6 Å². The lowest BCUT2D eigenvalue weighted by molar-refractivity contribution is -0.333. The number of nitrogens with one attached hydrogen (secondary N) is 1. The van der Waals surface area contributed by atoms with Crippen LogP contribution in [0.3, 0.4) is 0 Å². The number of aliphatic hydroxyl groups excluding tert-OH is 3. The Balaban J connectivity index is 1.77. The summed E-state index contributed by atoms with van der Waals surface area (Å²) in [6, 6.07) is 0. The smallest absolute Gasteiger partial charge is 0.256 e. The lowest BCUT2D eigenvalue weighted by atomic mass is 9.72. The average molecular weight is 478 g/mol. The Morgan fingerprint density at radius 3 is 2.55 bits per heavy atom. The van der Waals surface area contributed by atoms with Crippen LogP contribution in [0.5, 0.6) is 0 Å². The molecule has 0 aromatic heterocycles. The van der Waals surface area contributed by atoms with Crippen molar-refractivity contribution >= 4 is 5.91 Å². The Morgan fingerprint density at radius 1 is 1.21 bits per heavy atom. The molecule has 9 atom stereocenters. The van der Waals surface area contributed by atoms with Gasteiger partial charge in [-0.2, -0.15) is 0 Å². The fourth-order valence-corrected chi connectivity index (χ4v) is 5.15. The van der Waals surface area contributed by atoms with Crippen molar-refractivity contribution in [2.45, 2.75) is 101 Å². The number of hydrogen-bond donors (Lipinski definition) is 4. The van der Waals surface area contributed by atoms with Gasteiger partial charge in [0.2, 0.25) is 5.79 Å². The number of fused-ring (bicyclic) bond motifs is 1. The number of carbonyl (C=O) groups is 1. The summed E-state index contributed by atoms with van der Waals surface area (Å²) in [5.74, 6) is -2.16. The first-order valence-electron chi connectivity index (χ1n) is 11.5. The van der Waals surface area contributed by atoms with E-state index >= 15 is 0 Å². The third kappa shape index (κ3) is 5.36. The summed E-state index contributed by atoms with van der Waals surface area (Å²) in [5, 5.41) is 32.9. The molecule has 0 aromatic rings. The summed E-state index contributed by atoms with van der Waals surface area (Å²) in [6.45, 7) is 5.23. The van der Waals surface area contributed by atoms with Gasteiger partial charge in [0.15, 0.2) is 12.3 Å². The molecule has 192 valence electrons. The van der Waals surface area contributed by atoms with E-state index in [0.29, 0.717) is 6.42 Å². The molecule has 0 spiro atoms. The molecule has 33 heavy (non-hydrogen) atoms. The molecule has 0 radical (unpaired) electrons. The highest BCUT2D eigenvalue weighted by atomic mass is 16.7. The standard InChI is InChI=1S/C22H39NO10/c1-12-7-6-8-22(29-5,33-12)17(26)19(27)23-20-16-15(30-11-31-20)18(28-4)21(2,3)14(32-16)9-13(25)10-24/h12-18,20,24-26H,6-11H2,1-5H3,(H,23,27)/t12-,13+,14-,15+,16+,17-,18-,20-,22-/m1/s1. The molecule has 1 amide bonds. The van der Waals surface area contributed by atoms with Crippen LogP contribution in [-0.4, -0.2) is 104 Å². The first kappa shape index (κ1) is 26.7. The number of aliphatic hydroxyl groups is 3. The summed E-state index contributed by atoms with van der Waals surface area (Å²) in [4.78, 5) is 13.0. The fourth-order valence-electron chi connectivity index (χ4n) is 5.15. The third-order valence-electron chi connectivity index (χ3n) is 7.10. The molecule has 3 aliphatic rings. The SMILES string of the molecule is CO[C@@H]1[C@H]2OCO[C@@H](NC(=O)[C@@H](O)[C@@]3(OC)CCC[C@@H](C)O3)[C@H]2O[C@H](C[C@H](O)CO)C1(C)C. The Morgan fingerprint density at radius 2 is 1.94 bits per heavy atom. The van der Waals surface area contributed by atoms with E-state index < -0.39 is 66.6 Å². The molecule has 4 N–H and O–H groups in total. The van der Waals surface area contributed by atoms with Crippen LogP contribution in [0.2, 0.25) is 0 Å². The van der Waals surface area contributed by atoms with E-state index in [2.05, 4.69) is 5.32 Å². The number of methoxy groups -OCH3 is 2. The molecule has 3 saturated heterocycles. The molecule has 0 bridgehead atoms. The summed E-state index contributed by atoms with van der Waals surface area (Å²) >= 11 is 0. The molecule has 11 nitrogen and oxygen atoms in total. The van der Waals surface area contributed by atoms with E-state index in [9.17, 15) is 20.1 Å². The second-order valence-electron chi connectivity index (χ2n) is 9.72. The van der Waals surface area contributed by atoms with E-state index in [0.717, 1.165) is 12.8 Å². The van der Waals surface area contributed by atoms with Crippen LogP contribution in [0.4, 0.5) is 0 Å². The topological polar surface area (TPSA) is 145 Å². The van der Waals surface area contributed by atoms with Crippen LogP contribution in [0, 0.1) is 5.41 Å². The summed E-state index contributed by atoms with van der Waals surface area (Å²) in [6.07, 6.45) is -3.85. The van der Waals surface area contributed by atoms with E-state index in [-0.39, 0.29) is 19.3 Å². The third-order valence-corrected chi connectivity index (χ3v) is 7.10. The van der Waals surface area contributed by atoms with E-state index in [4.69, 9.17) is 28.4 Å². The van der Waals surface area contributed by atoms with Gasteiger partial charge >= 0.3 is 0 Å². The van der Waals surface area contributed by atoms with Crippen LogP contribution in [0.25, 0.3) is 0 Å². The van der Waals surface area contributed by atoms with Crippen molar-refractivity contribution in [1.29, 1.82) is 0 Å². The molecule has 0 unspecified atom stereocenters. The number of rotatable bonds is 8. The zero-order valence-corrected chi connectivity index (χ0v) is 20.1. The highest BCUT2D eigenvalue weighted by molar-refractivity contribution is 5.81. The summed E-state index contributed by atoms with van der Waals surface area (Å²) in [7, 11) is 2.97. The fraction of sp³-hybridized carbons (Fsp3) is 0.955. The van der Waals surface area contributed by atoms with E-state index in [1.165, 1.54) is 7.11 Å². The maximum absolute atomic E-state index is 13.0.